The van der Waals surface area contributed by atoms with Crippen LogP contribution in [0.2, 0.25) is 0 Å². The van der Waals surface area contributed by atoms with Gasteiger partial charge in [-0.2, -0.15) is 0 Å². The second kappa shape index (κ2) is 7.25. The van der Waals surface area contributed by atoms with Gasteiger partial charge in [-0.3, -0.25) is 0 Å². The fourth-order valence-corrected chi connectivity index (χ4v) is 2.07. The summed E-state index contributed by atoms with van der Waals surface area (Å²) in [5.41, 5.74) is 0.245. The van der Waals surface area contributed by atoms with Gasteiger partial charge in [-0.05, 0) is 46.7 Å². The van der Waals surface area contributed by atoms with Crippen LogP contribution in [0.4, 0.5) is 0 Å². The van der Waals surface area contributed by atoms with Crippen LogP contribution in [0.25, 0.3) is 0 Å². The second-order valence-electron chi connectivity index (χ2n) is 5.83. The fourth-order valence-electron chi connectivity index (χ4n) is 2.07. The van der Waals surface area contributed by atoms with Gasteiger partial charge in [0, 0.05) is 31.7 Å². The standard InChI is InChI=1S/C13H29N3/c1-13(2,3)15-8-7-14-9-12-16-10-5-4-6-11-16/h14-15H,4-12H2,1-3H3. The van der Waals surface area contributed by atoms with Crippen LogP contribution in [-0.4, -0.2) is 49.7 Å². The molecule has 0 aromatic carbocycles. The number of piperidine rings is 1. The first-order valence-electron chi connectivity index (χ1n) is 6.76. The van der Waals surface area contributed by atoms with Gasteiger partial charge in [0.05, 0.1) is 0 Å². The summed E-state index contributed by atoms with van der Waals surface area (Å²) in [7, 11) is 0. The first kappa shape index (κ1) is 13.9. The number of hydrogen-bond acceptors (Lipinski definition) is 3. The first-order chi connectivity index (χ1) is 7.58. The van der Waals surface area contributed by atoms with E-state index in [-0.39, 0.29) is 5.54 Å². The Kier molecular flexibility index (Phi) is 6.32. The monoisotopic (exact) mass is 227 g/mol. The van der Waals surface area contributed by atoms with Gasteiger partial charge in [0.15, 0.2) is 0 Å². The van der Waals surface area contributed by atoms with Gasteiger partial charge in [0.2, 0.25) is 0 Å². The van der Waals surface area contributed by atoms with E-state index in [4.69, 9.17) is 0 Å². The minimum Gasteiger partial charge on any atom is -0.314 e. The van der Waals surface area contributed by atoms with Crippen LogP contribution in [0.3, 0.4) is 0 Å². The summed E-state index contributed by atoms with van der Waals surface area (Å²) in [6.45, 7) is 13.7. The van der Waals surface area contributed by atoms with Crippen LogP contribution in [-0.2, 0) is 0 Å². The van der Waals surface area contributed by atoms with E-state index < -0.39 is 0 Å². The molecule has 0 radical (unpaired) electrons. The molecule has 0 spiro atoms. The molecule has 0 amide bonds. The molecule has 1 heterocycles. The van der Waals surface area contributed by atoms with E-state index in [9.17, 15) is 0 Å². The van der Waals surface area contributed by atoms with Gasteiger partial charge >= 0.3 is 0 Å². The van der Waals surface area contributed by atoms with Gasteiger partial charge in [-0.25, -0.2) is 0 Å². The Balaban J connectivity index is 1.87. The third kappa shape index (κ3) is 7.20. The predicted octanol–water partition coefficient (Wildman–Crippen LogP) is 1.45. The summed E-state index contributed by atoms with van der Waals surface area (Å²) in [4.78, 5) is 2.58. The largest absolute Gasteiger partial charge is 0.314 e. The van der Waals surface area contributed by atoms with Crippen molar-refractivity contribution in [3.63, 3.8) is 0 Å². The van der Waals surface area contributed by atoms with Crippen molar-refractivity contribution >= 4 is 0 Å². The van der Waals surface area contributed by atoms with Gasteiger partial charge in [0.1, 0.15) is 0 Å². The lowest BCUT2D eigenvalue weighted by atomic mass is 10.1. The van der Waals surface area contributed by atoms with Crippen LogP contribution in [0.5, 0.6) is 0 Å². The number of nitrogens with zero attached hydrogens (tertiary/aromatic N) is 1. The molecule has 3 nitrogen and oxygen atoms in total. The van der Waals surface area contributed by atoms with Crippen LogP contribution < -0.4 is 10.6 Å². The molecule has 3 heteroatoms. The van der Waals surface area contributed by atoms with Gasteiger partial charge in [-0.15, -0.1) is 0 Å². The molecule has 96 valence electrons. The van der Waals surface area contributed by atoms with Crippen LogP contribution in [0.1, 0.15) is 40.0 Å². The van der Waals surface area contributed by atoms with E-state index in [2.05, 4.69) is 36.3 Å². The van der Waals surface area contributed by atoms with Crippen molar-refractivity contribution in [2.24, 2.45) is 0 Å². The number of nitrogens with one attached hydrogen (secondary N) is 2. The maximum absolute atomic E-state index is 3.50. The molecule has 2 N–H and O–H groups in total. The van der Waals surface area contributed by atoms with E-state index in [1.807, 2.05) is 0 Å². The molecule has 0 atom stereocenters. The molecular weight excluding hydrogens is 198 g/mol. The average molecular weight is 227 g/mol. The molecule has 1 aliphatic rings. The van der Waals surface area contributed by atoms with Crippen molar-refractivity contribution in [1.82, 2.24) is 15.5 Å². The van der Waals surface area contributed by atoms with Crippen molar-refractivity contribution < 1.29 is 0 Å². The van der Waals surface area contributed by atoms with Gasteiger partial charge in [-0.1, -0.05) is 6.42 Å². The molecule has 0 saturated carbocycles. The van der Waals surface area contributed by atoms with Crippen molar-refractivity contribution in [1.29, 1.82) is 0 Å². The molecular formula is C13H29N3. The Bertz CT molecular complexity index is 169. The Labute approximate surface area is 101 Å². The highest BCUT2D eigenvalue weighted by atomic mass is 15.1. The van der Waals surface area contributed by atoms with Crippen molar-refractivity contribution in [3.05, 3.63) is 0 Å². The smallest absolute Gasteiger partial charge is 0.0107 e. The SMILES string of the molecule is CC(C)(C)NCCNCCN1CCCCC1. The maximum Gasteiger partial charge on any atom is 0.0107 e. The third-order valence-corrected chi connectivity index (χ3v) is 3.01. The molecule has 1 fully saturated rings. The van der Waals surface area contributed by atoms with Crippen molar-refractivity contribution in [2.45, 2.75) is 45.6 Å². The summed E-state index contributed by atoms with van der Waals surface area (Å²) in [5, 5.41) is 6.99. The zero-order chi connectivity index (χ0) is 11.9. The van der Waals surface area contributed by atoms with E-state index in [0.29, 0.717) is 0 Å². The molecule has 0 bridgehead atoms. The van der Waals surface area contributed by atoms with E-state index in [0.717, 1.165) is 19.6 Å². The highest BCUT2D eigenvalue weighted by Crippen LogP contribution is 2.07. The maximum atomic E-state index is 3.50. The lowest BCUT2D eigenvalue weighted by Gasteiger charge is -2.26. The molecule has 0 aromatic heterocycles. The Morgan fingerprint density at radius 3 is 2.25 bits per heavy atom. The topological polar surface area (TPSA) is 27.3 Å². The highest BCUT2D eigenvalue weighted by Gasteiger charge is 2.09. The summed E-state index contributed by atoms with van der Waals surface area (Å²) >= 11 is 0. The molecule has 1 saturated heterocycles. The first-order valence-corrected chi connectivity index (χ1v) is 6.76. The minimum absolute atomic E-state index is 0.245. The van der Waals surface area contributed by atoms with E-state index in [1.165, 1.54) is 38.9 Å². The average Bonchev–Trinajstić information content (AvgIpc) is 2.23. The lowest BCUT2D eigenvalue weighted by molar-refractivity contribution is 0.229. The second-order valence-corrected chi connectivity index (χ2v) is 5.83. The Morgan fingerprint density at radius 1 is 0.938 bits per heavy atom. The Morgan fingerprint density at radius 2 is 1.62 bits per heavy atom. The number of hydrogen-bond donors (Lipinski definition) is 2. The summed E-state index contributed by atoms with van der Waals surface area (Å²) in [5.74, 6) is 0. The van der Waals surface area contributed by atoms with Crippen LogP contribution in [0.15, 0.2) is 0 Å². The third-order valence-electron chi connectivity index (χ3n) is 3.01. The van der Waals surface area contributed by atoms with Gasteiger partial charge < -0.3 is 15.5 Å². The molecule has 1 rings (SSSR count). The van der Waals surface area contributed by atoms with E-state index in [1.54, 1.807) is 0 Å². The minimum atomic E-state index is 0.245. The quantitative estimate of drug-likeness (QED) is 0.673. The summed E-state index contributed by atoms with van der Waals surface area (Å²) < 4.78 is 0. The predicted molar refractivity (Wildman–Crippen MR) is 70.9 cm³/mol. The molecule has 0 unspecified atom stereocenters. The van der Waals surface area contributed by atoms with Crippen LogP contribution >= 0.6 is 0 Å². The summed E-state index contributed by atoms with van der Waals surface area (Å²) in [6, 6.07) is 0. The number of rotatable bonds is 6. The molecule has 0 aromatic rings. The molecule has 0 aliphatic carbocycles. The molecule has 16 heavy (non-hydrogen) atoms. The zero-order valence-electron chi connectivity index (χ0n) is 11.3. The van der Waals surface area contributed by atoms with Crippen molar-refractivity contribution in [2.75, 3.05) is 39.3 Å². The zero-order valence-corrected chi connectivity index (χ0v) is 11.3. The van der Waals surface area contributed by atoms with Crippen LogP contribution in [0, 0.1) is 0 Å². The molecule has 1 aliphatic heterocycles. The Hall–Kier alpha value is -0.120. The van der Waals surface area contributed by atoms with E-state index >= 15 is 0 Å². The highest BCUT2D eigenvalue weighted by molar-refractivity contribution is 4.71. The normalized spacial score (nSPS) is 18.9. The van der Waals surface area contributed by atoms with Gasteiger partial charge in [0.25, 0.3) is 0 Å². The summed E-state index contributed by atoms with van der Waals surface area (Å²) in [6.07, 6.45) is 4.22. The fraction of sp³-hybridized carbons (Fsp3) is 1.00. The van der Waals surface area contributed by atoms with Crippen molar-refractivity contribution in [3.8, 4) is 0 Å². The lowest BCUT2D eigenvalue weighted by Crippen LogP contribution is -2.42. The number of likely N-dealkylation sites (tertiary alicyclic amines) is 1.